The quantitative estimate of drug-likeness (QED) is 0.486. The predicted octanol–water partition coefficient (Wildman–Crippen LogP) is 3.89. The molecule has 2 N–H and O–H groups in total. The number of benzene rings is 1. The van der Waals surface area contributed by atoms with E-state index in [2.05, 4.69) is 38.9 Å². The SMILES string of the molecule is COc1cc(C)[nH]c(=O)c1CNC(=O)c1c(C)n([C@@H](C)c2ccccc2)c2ncccc12. The van der Waals surface area contributed by atoms with Crippen LogP contribution < -0.4 is 15.6 Å². The van der Waals surface area contributed by atoms with Gasteiger partial charge in [0.1, 0.15) is 11.4 Å². The number of methoxy groups -OCH3 is 1. The normalized spacial score (nSPS) is 12.0. The van der Waals surface area contributed by atoms with E-state index < -0.39 is 0 Å². The van der Waals surface area contributed by atoms with Crippen LogP contribution in [0.4, 0.5) is 0 Å². The minimum atomic E-state index is -0.277. The lowest BCUT2D eigenvalue weighted by atomic mass is 10.1. The Kier molecular flexibility index (Phi) is 5.81. The number of nitrogens with zero attached hydrogens (tertiary/aromatic N) is 2. The third-order valence-corrected chi connectivity index (χ3v) is 5.78. The highest BCUT2D eigenvalue weighted by Crippen LogP contribution is 2.30. The number of pyridine rings is 2. The topological polar surface area (TPSA) is 89.0 Å². The average Bonchev–Trinajstić information content (AvgIpc) is 3.09. The van der Waals surface area contributed by atoms with Crippen LogP contribution >= 0.6 is 0 Å². The fraction of sp³-hybridized carbons (Fsp3) is 0.240. The van der Waals surface area contributed by atoms with Crippen LogP contribution in [0.2, 0.25) is 0 Å². The fourth-order valence-corrected chi connectivity index (χ4v) is 4.19. The van der Waals surface area contributed by atoms with Gasteiger partial charge in [-0.15, -0.1) is 0 Å². The third-order valence-electron chi connectivity index (χ3n) is 5.78. The number of fused-ring (bicyclic) bond motifs is 1. The second-order valence-corrected chi connectivity index (χ2v) is 7.80. The molecule has 0 spiro atoms. The Morgan fingerprint density at radius 3 is 2.66 bits per heavy atom. The van der Waals surface area contributed by atoms with Gasteiger partial charge in [0.2, 0.25) is 0 Å². The molecule has 164 valence electrons. The number of aryl methyl sites for hydroxylation is 1. The van der Waals surface area contributed by atoms with Crippen molar-refractivity contribution in [1.29, 1.82) is 0 Å². The zero-order valence-electron chi connectivity index (χ0n) is 18.6. The number of hydrogen-bond donors (Lipinski definition) is 2. The first-order chi connectivity index (χ1) is 15.4. The summed E-state index contributed by atoms with van der Waals surface area (Å²) in [6, 6.07) is 15.6. The summed E-state index contributed by atoms with van der Waals surface area (Å²) in [5.41, 5.74) is 4.04. The Morgan fingerprint density at radius 2 is 1.94 bits per heavy atom. The molecule has 0 saturated carbocycles. The van der Waals surface area contributed by atoms with Gasteiger partial charge in [-0.2, -0.15) is 0 Å². The molecule has 1 aromatic carbocycles. The molecule has 0 bridgehead atoms. The smallest absolute Gasteiger partial charge is 0.256 e. The van der Waals surface area contributed by atoms with Crippen LogP contribution in [0, 0.1) is 13.8 Å². The number of rotatable bonds is 6. The molecule has 0 fully saturated rings. The molecule has 0 saturated heterocycles. The Morgan fingerprint density at radius 1 is 1.19 bits per heavy atom. The number of hydrogen-bond acceptors (Lipinski definition) is 4. The number of aromatic amines is 1. The Bertz CT molecular complexity index is 1340. The maximum absolute atomic E-state index is 13.3. The fourth-order valence-electron chi connectivity index (χ4n) is 4.19. The van der Waals surface area contributed by atoms with Crippen molar-refractivity contribution in [2.45, 2.75) is 33.4 Å². The van der Waals surface area contributed by atoms with E-state index in [1.54, 1.807) is 19.2 Å². The lowest BCUT2D eigenvalue weighted by Crippen LogP contribution is -2.28. The summed E-state index contributed by atoms with van der Waals surface area (Å²) in [5.74, 6) is 0.187. The Hall–Kier alpha value is -3.87. The van der Waals surface area contributed by atoms with Crippen molar-refractivity contribution in [2.75, 3.05) is 7.11 Å². The molecule has 1 atom stereocenters. The van der Waals surface area contributed by atoms with Crippen molar-refractivity contribution in [3.05, 3.63) is 93.2 Å². The van der Waals surface area contributed by atoms with Gasteiger partial charge in [0.25, 0.3) is 11.5 Å². The van der Waals surface area contributed by atoms with Gasteiger partial charge in [-0.05, 0) is 44.5 Å². The highest BCUT2D eigenvalue weighted by molar-refractivity contribution is 6.07. The van der Waals surface area contributed by atoms with E-state index in [9.17, 15) is 9.59 Å². The standard InChI is InChI=1S/C25H26N4O3/c1-15-13-21(32-4)20(24(30)28-15)14-27-25(31)22-17(3)29(23-19(22)11-8-12-26-23)16(2)18-9-6-5-7-10-18/h5-13,16H,14H2,1-4H3,(H,27,31)(H,28,30)/t16-/m0/s1. The van der Waals surface area contributed by atoms with E-state index in [0.29, 0.717) is 22.6 Å². The van der Waals surface area contributed by atoms with E-state index in [1.807, 2.05) is 37.3 Å². The van der Waals surface area contributed by atoms with Crippen molar-refractivity contribution >= 4 is 16.9 Å². The maximum atomic E-state index is 13.3. The van der Waals surface area contributed by atoms with Gasteiger partial charge in [0, 0.05) is 23.0 Å². The second kappa shape index (κ2) is 8.70. The number of amides is 1. The van der Waals surface area contributed by atoms with Gasteiger partial charge in [0.15, 0.2) is 0 Å². The van der Waals surface area contributed by atoms with Gasteiger partial charge >= 0.3 is 0 Å². The summed E-state index contributed by atoms with van der Waals surface area (Å²) >= 11 is 0. The molecule has 3 aromatic heterocycles. The first-order valence-corrected chi connectivity index (χ1v) is 10.5. The molecule has 3 heterocycles. The summed E-state index contributed by atoms with van der Waals surface area (Å²) in [5, 5.41) is 3.67. The van der Waals surface area contributed by atoms with Crippen molar-refractivity contribution < 1.29 is 9.53 Å². The number of H-pyrrole nitrogens is 1. The summed E-state index contributed by atoms with van der Waals surface area (Å²) in [6.07, 6.45) is 1.73. The second-order valence-electron chi connectivity index (χ2n) is 7.80. The third kappa shape index (κ3) is 3.77. The van der Waals surface area contributed by atoms with E-state index >= 15 is 0 Å². The van der Waals surface area contributed by atoms with E-state index in [0.717, 1.165) is 22.3 Å². The Labute approximate surface area is 186 Å². The van der Waals surface area contributed by atoms with Gasteiger partial charge in [-0.25, -0.2) is 4.98 Å². The van der Waals surface area contributed by atoms with Gasteiger partial charge < -0.3 is 19.6 Å². The number of aromatic nitrogens is 3. The molecule has 4 aromatic rings. The molecule has 7 heteroatoms. The van der Waals surface area contributed by atoms with Crippen molar-refractivity contribution in [3.63, 3.8) is 0 Å². The zero-order valence-corrected chi connectivity index (χ0v) is 18.6. The van der Waals surface area contributed by atoms with Gasteiger partial charge in [0.05, 0.1) is 30.8 Å². The van der Waals surface area contributed by atoms with Crippen LogP contribution in [-0.2, 0) is 6.54 Å². The molecule has 32 heavy (non-hydrogen) atoms. The predicted molar refractivity (Wildman–Crippen MR) is 124 cm³/mol. The molecule has 0 aliphatic rings. The Balaban J connectivity index is 1.72. The molecular weight excluding hydrogens is 404 g/mol. The molecule has 7 nitrogen and oxygen atoms in total. The summed E-state index contributed by atoms with van der Waals surface area (Å²) in [7, 11) is 1.51. The molecule has 0 aliphatic heterocycles. The zero-order chi connectivity index (χ0) is 22.8. The highest BCUT2D eigenvalue weighted by atomic mass is 16.5. The van der Waals surface area contributed by atoms with Crippen LogP contribution in [0.1, 0.15) is 45.8 Å². The lowest BCUT2D eigenvalue weighted by molar-refractivity contribution is 0.0951. The minimum Gasteiger partial charge on any atom is -0.496 e. The van der Waals surface area contributed by atoms with Gasteiger partial charge in [-0.1, -0.05) is 30.3 Å². The van der Waals surface area contributed by atoms with Crippen LogP contribution in [0.3, 0.4) is 0 Å². The van der Waals surface area contributed by atoms with Crippen LogP contribution in [0.15, 0.2) is 59.5 Å². The molecular formula is C25H26N4O3. The summed E-state index contributed by atoms with van der Waals surface area (Å²) < 4.78 is 7.42. The summed E-state index contributed by atoms with van der Waals surface area (Å²) in [4.78, 5) is 33.0. The first-order valence-electron chi connectivity index (χ1n) is 10.5. The lowest BCUT2D eigenvalue weighted by Gasteiger charge is -2.17. The maximum Gasteiger partial charge on any atom is 0.256 e. The van der Waals surface area contributed by atoms with Crippen LogP contribution in [0.5, 0.6) is 5.75 Å². The van der Waals surface area contributed by atoms with Crippen molar-refractivity contribution in [2.24, 2.45) is 0 Å². The molecule has 0 aliphatic carbocycles. The molecule has 0 radical (unpaired) electrons. The highest BCUT2D eigenvalue weighted by Gasteiger charge is 2.24. The molecule has 4 rings (SSSR count). The van der Waals surface area contributed by atoms with Crippen molar-refractivity contribution in [1.82, 2.24) is 19.9 Å². The number of carbonyl (C=O) groups is 1. The van der Waals surface area contributed by atoms with Crippen LogP contribution in [0.25, 0.3) is 11.0 Å². The minimum absolute atomic E-state index is 0.00446. The van der Waals surface area contributed by atoms with Crippen LogP contribution in [-0.4, -0.2) is 27.6 Å². The van der Waals surface area contributed by atoms with Gasteiger partial charge in [-0.3, -0.25) is 9.59 Å². The monoisotopic (exact) mass is 430 g/mol. The first kappa shape index (κ1) is 21.4. The number of ether oxygens (including phenoxy) is 1. The largest absolute Gasteiger partial charge is 0.496 e. The summed E-state index contributed by atoms with van der Waals surface area (Å²) in [6.45, 7) is 5.85. The van der Waals surface area contributed by atoms with Crippen molar-refractivity contribution in [3.8, 4) is 5.75 Å². The number of nitrogens with one attached hydrogen (secondary N) is 2. The van der Waals surface area contributed by atoms with E-state index in [-0.39, 0.29) is 24.1 Å². The van der Waals surface area contributed by atoms with E-state index in [1.165, 1.54) is 7.11 Å². The average molecular weight is 431 g/mol. The van der Waals surface area contributed by atoms with E-state index in [4.69, 9.17) is 4.74 Å². The number of carbonyl (C=O) groups excluding carboxylic acids is 1. The molecule has 1 amide bonds. The molecule has 0 unspecified atom stereocenters.